The number of halogens is 1. The molecule has 24 heavy (non-hydrogen) atoms. The van der Waals surface area contributed by atoms with E-state index in [1.54, 1.807) is 31.2 Å². The molecule has 0 bridgehead atoms. The van der Waals surface area contributed by atoms with Crippen molar-refractivity contribution in [3.63, 3.8) is 0 Å². The summed E-state index contributed by atoms with van der Waals surface area (Å²) in [6, 6.07) is 11.3. The Bertz CT molecular complexity index is 729. The number of alkyl halides is 1. The number of benzene rings is 2. The van der Waals surface area contributed by atoms with Gasteiger partial charge in [-0.05, 0) is 24.6 Å². The Kier molecular flexibility index (Phi) is 5.52. The molecular weight excluding hydrogens is 311 g/mol. The van der Waals surface area contributed by atoms with Crippen molar-refractivity contribution in [2.75, 3.05) is 6.61 Å². The number of rotatable bonds is 7. The maximum Gasteiger partial charge on any atom is 0.249 e. The predicted octanol–water partition coefficient (Wildman–Crippen LogP) is 2.68. The highest BCUT2D eigenvalue weighted by molar-refractivity contribution is 6.08. The molecule has 2 amide bonds. The van der Waals surface area contributed by atoms with Crippen LogP contribution in [0.3, 0.4) is 0 Å². The SMILES string of the molecule is CCC(F)COc1ccccc1-c1c(C(N)=O)cccc1C(N)=O. The monoisotopic (exact) mass is 330 g/mol. The molecule has 0 aromatic heterocycles. The van der Waals surface area contributed by atoms with Gasteiger partial charge in [-0.25, -0.2) is 4.39 Å². The quantitative estimate of drug-likeness (QED) is 0.817. The summed E-state index contributed by atoms with van der Waals surface area (Å²) in [4.78, 5) is 23.5. The Morgan fingerprint density at radius 2 is 1.62 bits per heavy atom. The summed E-state index contributed by atoms with van der Waals surface area (Å²) in [5.74, 6) is -1.04. The van der Waals surface area contributed by atoms with Crippen LogP contribution >= 0.6 is 0 Å². The van der Waals surface area contributed by atoms with Crippen LogP contribution in [0, 0.1) is 0 Å². The van der Waals surface area contributed by atoms with Crippen LogP contribution in [0.1, 0.15) is 34.1 Å². The lowest BCUT2D eigenvalue weighted by molar-refractivity contribution is 0.0999. The topological polar surface area (TPSA) is 95.4 Å². The number of ether oxygens (including phenoxy) is 1. The third-order valence-corrected chi connectivity index (χ3v) is 3.61. The fourth-order valence-corrected chi connectivity index (χ4v) is 2.35. The Morgan fingerprint density at radius 1 is 1.04 bits per heavy atom. The van der Waals surface area contributed by atoms with Crippen molar-refractivity contribution in [2.45, 2.75) is 19.5 Å². The zero-order chi connectivity index (χ0) is 17.7. The molecule has 5 nitrogen and oxygen atoms in total. The first-order valence-corrected chi connectivity index (χ1v) is 7.54. The molecule has 0 heterocycles. The van der Waals surface area contributed by atoms with Gasteiger partial charge in [0.2, 0.25) is 11.8 Å². The van der Waals surface area contributed by atoms with Crippen LogP contribution in [0.25, 0.3) is 11.1 Å². The molecule has 0 saturated carbocycles. The molecule has 0 saturated heterocycles. The zero-order valence-corrected chi connectivity index (χ0v) is 13.3. The van der Waals surface area contributed by atoms with Crippen molar-refractivity contribution in [1.82, 2.24) is 0 Å². The van der Waals surface area contributed by atoms with E-state index in [9.17, 15) is 14.0 Å². The maximum absolute atomic E-state index is 13.5. The molecule has 0 radical (unpaired) electrons. The van der Waals surface area contributed by atoms with Crippen molar-refractivity contribution in [1.29, 1.82) is 0 Å². The van der Waals surface area contributed by atoms with E-state index in [-0.39, 0.29) is 17.7 Å². The van der Waals surface area contributed by atoms with Gasteiger partial charge < -0.3 is 16.2 Å². The van der Waals surface area contributed by atoms with Gasteiger partial charge >= 0.3 is 0 Å². The third-order valence-electron chi connectivity index (χ3n) is 3.61. The Morgan fingerprint density at radius 3 is 2.17 bits per heavy atom. The van der Waals surface area contributed by atoms with Crippen LogP contribution in [0.5, 0.6) is 5.75 Å². The van der Waals surface area contributed by atoms with E-state index in [1.165, 1.54) is 18.2 Å². The second-order valence-corrected chi connectivity index (χ2v) is 5.27. The highest BCUT2D eigenvalue weighted by atomic mass is 19.1. The van der Waals surface area contributed by atoms with Crippen LogP contribution in [-0.2, 0) is 0 Å². The molecule has 0 aliphatic rings. The van der Waals surface area contributed by atoms with E-state index in [4.69, 9.17) is 16.2 Å². The van der Waals surface area contributed by atoms with Gasteiger partial charge in [-0.3, -0.25) is 9.59 Å². The molecular formula is C18H19FN2O3. The lowest BCUT2D eigenvalue weighted by atomic mass is 9.93. The molecule has 0 fully saturated rings. The predicted molar refractivity (Wildman–Crippen MR) is 89.6 cm³/mol. The summed E-state index contributed by atoms with van der Waals surface area (Å²) in [6.45, 7) is 1.59. The molecule has 1 unspecified atom stereocenters. The third kappa shape index (κ3) is 3.71. The summed E-state index contributed by atoms with van der Waals surface area (Å²) >= 11 is 0. The number of carbonyl (C=O) groups is 2. The second kappa shape index (κ2) is 7.59. The first-order chi connectivity index (χ1) is 11.5. The summed E-state index contributed by atoms with van der Waals surface area (Å²) in [7, 11) is 0. The number of hydrogen-bond acceptors (Lipinski definition) is 3. The summed E-state index contributed by atoms with van der Waals surface area (Å²) < 4.78 is 19.0. The fourth-order valence-electron chi connectivity index (χ4n) is 2.35. The van der Waals surface area contributed by atoms with Crippen molar-refractivity contribution < 1.29 is 18.7 Å². The van der Waals surface area contributed by atoms with Gasteiger partial charge in [-0.1, -0.05) is 31.2 Å². The normalized spacial score (nSPS) is 11.8. The number of hydrogen-bond donors (Lipinski definition) is 2. The van der Waals surface area contributed by atoms with E-state index in [2.05, 4.69) is 0 Å². The molecule has 6 heteroatoms. The van der Waals surface area contributed by atoms with E-state index in [0.717, 1.165) is 0 Å². The fraction of sp³-hybridized carbons (Fsp3) is 0.222. The van der Waals surface area contributed by atoms with Crippen molar-refractivity contribution in [3.05, 3.63) is 53.6 Å². The minimum Gasteiger partial charge on any atom is -0.490 e. The van der Waals surface area contributed by atoms with Crippen LogP contribution in [0.4, 0.5) is 4.39 Å². The zero-order valence-electron chi connectivity index (χ0n) is 13.3. The highest BCUT2D eigenvalue weighted by Crippen LogP contribution is 2.35. The smallest absolute Gasteiger partial charge is 0.249 e. The Balaban J connectivity index is 2.59. The van der Waals surface area contributed by atoms with Crippen LogP contribution in [-0.4, -0.2) is 24.6 Å². The van der Waals surface area contributed by atoms with Gasteiger partial charge in [0.05, 0.1) is 0 Å². The Labute approximate surface area is 139 Å². The standard InChI is InChI=1S/C18H19FN2O3/c1-2-11(19)10-24-15-9-4-3-6-12(15)16-13(17(20)22)7-5-8-14(16)18(21)23/h3-9,11H,2,10H2,1H3,(H2,20,22)(H2,21,23). The molecule has 2 aromatic rings. The summed E-state index contributed by atoms with van der Waals surface area (Å²) in [5.41, 5.74) is 11.9. The largest absolute Gasteiger partial charge is 0.490 e. The van der Waals surface area contributed by atoms with E-state index >= 15 is 0 Å². The van der Waals surface area contributed by atoms with Crippen LogP contribution < -0.4 is 16.2 Å². The lowest BCUT2D eigenvalue weighted by Gasteiger charge is -2.16. The molecule has 1 atom stereocenters. The van der Waals surface area contributed by atoms with Gasteiger partial charge in [0, 0.05) is 22.3 Å². The first kappa shape index (κ1) is 17.5. The van der Waals surface area contributed by atoms with E-state index in [0.29, 0.717) is 23.3 Å². The summed E-state index contributed by atoms with van der Waals surface area (Å²) in [6.07, 6.45) is -0.785. The number of primary amides is 2. The van der Waals surface area contributed by atoms with Gasteiger partial charge in [0.1, 0.15) is 18.5 Å². The lowest BCUT2D eigenvalue weighted by Crippen LogP contribution is -2.18. The molecule has 4 N–H and O–H groups in total. The van der Waals surface area contributed by atoms with Gasteiger partial charge in [-0.2, -0.15) is 0 Å². The van der Waals surface area contributed by atoms with Crippen LogP contribution in [0.15, 0.2) is 42.5 Å². The van der Waals surface area contributed by atoms with Crippen molar-refractivity contribution >= 4 is 11.8 Å². The van der Waals surface area contributed by atoms with Gasteiger partial charge in [0.25, 0.3) is 0 Å². The van der Waals surface area contributed by atoms with Gasteiger partial charge in [-0.15, -0.1) is 0 Å². The molecule has 0 aliphatic carbocycles. The molecule has 126 valence electrons. The molecule has 0 aliphatic heterocycles. The minimum atomic E-state index is -1.11. The van der Waals surface area contributed by atoms with E-state index in [1.807, 2.05) is 0 Å². The average Bonchev–Trinajstić information content (AvgIpc) is 2.59. The molecule has 0 spiro atoms. The average molecular weight is 330 g/mol. The number of carbonyl (C=O) groups excluding carboxylic acids is 2. The maximum atomic E-state index is 13.5. The molecule has 2 aromatic carbocycles. The van der Waals surface area contributed by atoms with Crippen LogP contribution in [0.2, 0.25) is 0 Å². The minimum absolute atomic E-state index is 0.127. The number of nitrogens with two attached hydrogens (primary N) is 2. The number of amides is 2. The van der Waals surface area contributed by atoms with Crippen molar-refractivity contribution in [2.24, 2.45) is 11.5 Å². The number of para-hydroxylation sites is 1. The first-order valence-electron chi connectivity index (χ1n) is 7.54. The highest BCUT2D eigenvalue weighted by Gasteiger charge is 2.20. The summed E-state index contributed by atoms with van der Waals surface area (Å²) in [5, 5.41) is 0. The van der Waals surface area contributed by atoms with Gasteiger partial charge in [0.15, 0.2) is 0 Å². The van der Waals surface area contributed by atoms with Crippen molar-refractivity contribution in [3.8, 4) is 16.9 Å². The molecule has 2 rings (SSSR count). The second-order valence-electron chi connectivity index (χ2n) is 5.27. The van der Waals surface area contributed by atoms with E-state index < -0.39 is 18.0 Å². The Hall–Kier alpha value is -2.89.